The predicted molar refractivity (Wildman–Crippen MR) is 93.5 cm³/mol. The highest BCUT2D eigenvalue weighted by Gasteiger charge is 2.30. The van der Waals surface area contributed by atoms with Crippen LogP contribution in [0.1, 0.15) is 5.82 Å². The Bertz CT molecular complexity index is 977. The summed E-state index contributed by atoms with van der Waals surface area (Å²) in [5.41, 5.74) is 0. The Balaban J connectivity index is 1.52. The second-order valence-corrected chi connectivity index (χ2v) is 7.81. The molecular formula is C15H18N8O2S. The van der Waals surface area contributed by atoms with Gasteiger partial charge in [0.15, 0.2) is 5.03 Å². The van der Waals surface area contributed by atoms with Gasteiger partial charge in [0.25, 0.3) is 10.0 Å². The van der Waals surface area contributed by atoms with Crippen molar-refractivity contribution in [2.45, 2.75) is 11.9 Å². The predicted octanol–water partition coefficient (Wildman–Crippen LogP) is 0.205. The number of nitrogens with zero attached hydrogens (tertiary/aromatic N) is 7. The lowest BCUT2D eigenvalue weighted by Crippen LogP contribution is -2.49. The molecule has 136 valence electrons. The van der Waals surface area contributed by atoms with Gasteiger partial charge in [0.05, 0.1) is 12.5 Å². The Kier molecular flexibility index (Phi) is 4.17. The molecule has 0 unspecified atom stereocenters. The zero-order valence-corrected chi connectivity index (χ0v) is 15.0. The maximum absolute atomic E-state index is 12.6. The van der Waals surface area contributed by atoms with Crippen LogP contribution >= 0.6 is 0 Å². The molecule has 0 radical (unpaired) electrons. The van der Waals surface area contributed by atoms with Crippen LogP contribution < -0.4 is 4.90 Å². The van der Waals surface area contributed by atoms with Crippen LogP contribution in [-0.2, 0) is 10.0 Å². The van der Waals surface area contributed by atoms with E-state index in [1.54, 1.807) is 12.5 Å². The molecular weight excluding hydrogens is 356 g/mol. The Hall–Kier alpha value is -2.79. The number of nitrogens with one attached hydrogen (secondary N) is 1. The summed E-state index contributed by atoms with van der Waals surface area (Å²) >= 11 is 0. The summed E-state index contributed by atoms with van der Waals surface area (Å²) in [6.07, 6.45) is 7.88. The summed E-state index contributed by atoms with van der Waals surface area (Å²) in [6, 6.07) is 1.88. The van der Waals surface area contributed by atoms with Crippen molar-refractivity contribution in [2.24, 2.45) is 0 Å². The van der Waals surface area contributed by atoms with Crippen LogP contribution in [0.2, 0.25) is 0 Å². The number of aromatic nitrogens is 6. The lowest BCUT2D eigenvalue weighted by molar-refractivity contribution is 0.382. The van der Waals surface area contributed by atoms with Gasteiger partial charge in [-0.25, -0.2) is 28.4 Å². The quantitative estimate of drug-likeness (QED) is 0.694. The van der Waals surface area contributed by atoms with Gasteiger partial charge in [-0.2, -0.15) is 4.31 Å². The van der Waals surface area contributed by atoms with E-state index in [9.17, 15) is 8.42 Å². The van der Waals surface area contributed by atoms with Crippen molar-refractivity contribution in [2.75, 3.05) is 31.1 Å². The summed E-state index contributed by atoms with van der Waals surface area (Å²) in [6.45, 7) is 3.69. The van der Waals surface area contributed by atoms with Gasteiger partial charge in [-0.1, -0.05) is 0 Å². The number of anilines is 1. The zero-order valence-electron chi connectivity index (χ0n) is 14.1. The number of sulfonamides is 1. The number of rotatable bonds is 4. The third kappa shape index (κ3) is 3.06. The van der Waals surface area contributed by atoms with Crippen molar-refractivity contribution in [3.8, 4) is 5.82 Å². The first-order valence-corrected chi connectivity index (χ1v) is 9.55. The van der Waals surface area contributed by atoms with Crippen LogP contribution in [0.3, 0.4) is 0 Å². The monoisotopic (exact) mass is 374 g/mol. The van der Waals surface area contributed by atoms with Crippen molar-refractivity contribution >= 4 is 15.8 Å². The van der Waals surface area contributed by atoms with E-state index in [1.165, 1.54) is 16.8 Å². The second-order valence-electron chi connectivity index (χ2n) is 5.91. The molecule has 0 aliphatic carbocycles. The van der Waals surface area contributed by atoms with Crippen LogP contribution in [0.5, 0.6) is 0 Å². The van der Waals surface area contributed by atoms with Crippen molar-refractivity contribution in [1.82, 2.24) is 33.8 Å². The van der Waals surface area contributed by atoms with E-state index >= 15 is 0 Å². The van der Waals surface area contributed by atoms with Gasteiger partial charge in [0.2, 0.25) is 0 Å². The number of piperazine rings is 1. The highest BCUT2D eigenvalue weighted by Crippen LogP contribution is 2.20. The zero-order chi connectivity index (χ0) is 18.1. The van der Waals surface area contributed by atoms with Gasteiger partial charge in [-0.15, -0.1) is 0 Å². The van der Waals surface area contributed by atoms with Gasteiger partial charge < -0.3 is 9.88 Å². The van der Waals surface area contributed by atoms with E-state index in [0.29, 0.717) is 32.0 Å². The average molecular weight is 374 g/mol. The molecule has 4 heterocycles. The summed E-state index contributed by atoms with van der Waals surface area (Å²) in [4.78, 5) is 21.5. The molecule has 3 aromatic heterocycles. The smallest absolute Gasteiger partial charge is 0.260 e. The normalized spacial score (nSPS) is 16.1. The molecule has 1 fully saturated rings. The summed E-state index contributed by atoms with van der Waals surface area (Å²) < 4.78 is 28.4. The van der Waals surface area contributed by atoms with E-state index in [4.69, 9.17) is 0 Å². The first kappa shape index (κ1) is 16.7. The molecule has 0 atom stereocenters. The third-order valence-corrected chi connectivity index (χ3v) is 6.06. The van der Waals surface area contributed by atoms with E-state index in [2.05, 4.69) is 29.8 Å². The molecule has 1 aliphatic rings. The van der Waals surface area contributed by atoms with Crippen LogP contribution in [0.4, 0.5) is 5.82 Å². The minimum atomic E-state index is -3.53. The number of H-pyrrole nitrogens is 1. The van der Waals surface area contributed by atoms with Crippen LogP contribution in [0.15, 0.2) is 42.3 Å². The highest BCUT2D eigenvalue weighted by molar-refractivity contribution is 7.89. The molecule has 0 aromatic carbocycles. The van der Waals surface area contributed by atoms with E-state index in [0.717, 1.165) is 11.6 Å². The lowest BCUT2D eigenvalue weighted by Gasteiger charge is -2.34. The van der Waals surface area contributed by atoms with Crippen LogP contribution in [0.25, 0.3) is 5.82 Å². The Morgan fingerprint density at radius 2 is 1.85 bits per heavy atom. The molecule has 3 aromatic rings. The van der Waals surface area contributed by atoms with Gasteiger partial charge in [0.1, 0.15) is 23.8 Å². The molecule has 0 bridgehead atoms. The molecule has 11 heteroatoms. The Labute approximate surface area is 150 Å². The van der Waals surface area contributed by atoms with E-state index in [-0.39, 0.29) is 5.03 Å². The van der Waals surface area contributed by atoms with E-state index in [1.807, 2.05) is 23.8 Å². The number of hydrogen-bond donors (Lipinski definition) is 1. The van der Waals surface area contributed by atoms with Crippen molar-refractivity contribution in [3.63, 3.8) is 0 Å². The minimum Gasteiger partial charge on any atom is -0.354 e. The van der Waals surface area contributed by atoms with Crippen molar-refractivity contribution in [3.05, 3.63) is 43.1 Å². The molecule has 26 heavy (non-hydrogen) atoms. The van der Waals surface area contributed by atoms with Crippen molar-refractivity contribution < 1.29 is 8.42 Å². The van der Waals surface area contributed by atoms with Crippen LogP contribution in [-0.4, -0.2) is 68.4 Å². The maximum Gasteiger partial charge on any atom is 0.260 e. The van der Waals surface area contributed by atoms with Gasteiger partial charge in [-0.3, -0.25) is 4.57 Å². The largest absolute Gasteiger partial charge is 0.354 e. The third-order valence-electron chi connectivity index (χ3n) is 4.23. The highest BCUT2D eigenvalue weighted by atomic mass is 32.2. The lowest BCUT2D eigenvalue weighted by atomic mass is 10.3. The number of hydrogen-bond acceptors (Lipinski definition) is 7. The summed E-state index contributed by atoms with van der Waals surface area (Å²) in [7, 11) is -3.53. The SMILES string of the molecule is Cc1nc(N2CCN(S(=O)(=O)c3cnc[nH]3)CC2)cc(-n2ccnc2)n1. The first-order valence-electron chi connectivity index (χ1n) is 8.11. The fourth-order valence-electron chi connectivity index (χ4n) is 2.91. The molecule has 1 saturated heterocycles. The standard InChI is InChI=1S/C15H18N8O2S/c1-12-19-13(8-14(20-12)22-3-2-16-11-22)21-4-6-23(7-5-21)26(24,25)15-9-17-10-18-15/h2-3,8-11H,4-7H2,1H3,(H,17,18). The van der Waals surface area contributed by atoms with Crippen molar-refractivity contribution in [1.29, 1.82) is 0 Å². The average Bonchev–Trinajstić information content (AvgIpc) is 3.35. The molecule has 0 spiro atoms. The molecule has 0 saturated carbocycles. The summed E-state index contributed by atoms with van der Waals surface area (Å²) in [5, 5.41) is 0.117. The van der Waals surface area contributed by atoms with Crippen LogP contribution in [0, 0.1) is 6.92 Å². The van der Waals surface area contributed by atoms with Gasteiger partial charge in [0, 0.05) is 44.6 Å². The fourth-order valence-corrected chi connectivity index (χ4v) is 4.22. The number of imidazole rings is 2. The fraction of sp³-hybridized carbons (Fsp3) is 0.333. The molecule has 10 nitrogen and oxygen atoms in total. The number of aromatic amines is 1. The molecule has 0 amide bonds. The summed E-state index contributed by atoms with van der Waals surface area (Å²) in [5.74, 6) is 2.16. The molecule has 4 rings (SSSR count). The maximum atomic E-state index is 12.6. The minimum absolute atomic E-state index is 0.117. The topological polar surface area (TPSA) is 113 Å². The molecule has 1 N–H and O–H groups in total. The van der Waals surface area contributed by atoms with E-state index < -0.39 is 10.0 Å². The Morgan fingerprint density at radius 3 is 2.50 bits per heavy atom. The molecule has 1 aliphatic heterocycles. The second kappa shape index (κ2) is 6.50. The van der Waals surface area contributed by atoms with Gasteiger partial charge in [-0.05, 0) is 6.92 Å². The van der Waals surface area contributed by atoms with Gasteiger partial charge >= 0.3 is 0 Å². The first-order chi connectivity index (χ1) is 12.5. The number of aryl methyl sites for hydroxylation is 1. The Morgan fingerprint density at radius 1 is 1.08 bits per heavy atom.